The lowest BCUT2D eigenvalue weighted by atomic mass is 10.1. The van der Waals surface area contributed by atoms with Crippen molar-refractivity contribution in [3.8, 4) is 5.75 Å². The van der Waals surface area contributed by atoms with E-state index in [1.54, 1.807) is 30.4 Å². The normalized spacial score (nSPS) is 14.2. The summed E-state index contributed by atoms with van der Waals surface area (Å²) in [6, 6.07) is 11.2. The first kappa shape index (κ1) is 24.8. The molecular weight excluding hydrogens is 464 g/mol. The number of esters is 1. The molecule has 4 rings (SSSR count). The number of aromatic nitrogens is 1. The number of anilines is 2. The van der Waals surface area contributed by atoms with Crippen LogP contribution < -0.4 is 10.2 Å². The number of hydrogen-bond acceptors (Lipinski definition) is 7. The number of piperazine rings is 1. The Morgan fingerprint density at radius 2 is 1.80 bits per heavy atom. The van der Waals surface area contributed by atoms with E-state index in [9.17, 15) is 14.7 Å². The van der Waals surface area contributed by atoms with Gasteiger partial charge in [0.25, 0.3) is 0 Å². The van der Waals surface area contributed by atoms with Gasteiger partial charge in [0, 0.05) is 42.4 Å². The number of thiophene rings is 1. The van der Waals surface area contributed by atoms with E-state index < -0.39 is 5.97 Å². The van der Waals surface area contributed by atoms with Gasteiger partial charge in [-0.25, -0.2) is 4.79 Å². The molecule has 3 heterocycles. The van der Waals surface area contributed by atoms with Crippen LogP contribution in [0.5, 0.6) is 5.75 Å². The molecule has 0 bridgehead atoms. The number of carbonyl (C=O) groups is 2. The highest BCUT2D eigenvalue weighted by Crippen LogP contribution is 2.30. The van der Waals surface area contributed by atoms with E-state index >= 15 is 0 Å². The zero-order chi connectivity index (χ0) is 24.9. The molecule has 1 aliphatic heterocycles. The van der Waals surface area contributed by atoms with Crippen LogP contribution in [0.1, 0.15) is 33.4 Å². The number of amides is 1. The molecule has 3 aromatic rings. The fourth-order valence-corrected chi connectivity index (χ4v) is 5.10. The highest BCUT2D eigenvalue weighted by Gasteiger charge is 2.27. The van der Waals surface area contributed by atoms with Gasteiger partial charge in [-0.1, -0.05) is 6.07 Å². The van der Waals surface area contributed by atoms with Crippen molar-refractivity contribution in [3.63, 3.8) is 0 Å². The predicted octanol–water partition coefficient (Wildman–Crippen LogP) is 3.86. The number of rotatable bonds is 8. The first-order valence-electron chi connectivity index (χ1n) is 11.8. The third kappa shape index (κ3) is 5.68. The van der Waals surface area contributed by atoms with Gasteiger partial charge in [0.05, 0.1) is 19.7 Å². The molecule has 0 saturated carbocycles. The summed E-state index contributed by atoms with van der Waals surface area (Å²) < 4.78 is 7.31. The fraction of sp³-hybridized carbons (Fsp3) is 0.385. The molecule has 2 N–H and O–H groups in total. The van der Waals surface area contributed by atoms with E-state index in [1.165, 1.54) is 0 Å². The van der Waals surface area contributed by atoms with Crippen LogP contribution in [0.25, 0.3) is 0 Å². The highest BCUT2D eigenvalue weighted by atomic mass is 32.1. The first-order chi connectivity index (χ1) is 16.9. The predicted molar refractivity (Wildman–Crippen MR) is 139 cm³/mol. The minimum atomic E-state index is -0.421. The third-order valence-electron chi connectivity index (χ3n) is 6.42. The maximum Gasteiger partial charge on any atom is 0.342 e. The maximum absolute atomic E-state index is 13.1. The van der Waals surface area contributed by atoms with Crippen LogP contribution in [0.3, 0.4) is 0 Å². The van der Waals surface area contributed by atoms with Crippen molar-refractivity contribution < 1.29 is 19.4 Å². The Balaban J connectivity index is 1.46. The molecule has 9 heteroatoms. The molecule has 0 spiro atoms. The molecule has 1 fully saturated rings. The van der Waals surface area contributed by atoms with Crippen molar-refractivity contribution in [1.29, 1.82) is 0 Å². The van der Waals surface area contributed by atoms with E-state index in [4.69, 9.17) is 4.74 Å². The largest absolute Gasteiger partial charge is 0.508 e. The number of nitrogens with zero attached hydrogens (tertiary/aromatic N) is 3. The molecule has 0 radical (unpaired) electrons. The van der Waals surface area contributed by atoms with Crippen molar-refractivity contribution >= 4 is 34.7 Å². The van der Waals surface area contributed by atoms with Gasteiger partial charge in [0.1, 0.15) is 17.1 Å². The van der Waals surface area contributed by atoms with Crippen LogP contribution in [0.2, 0.25) is 0 Å². The van der Waals surface area contributed by atoms with Crippen molar-refractivity contribution in [2.45, 2.75) is 27.3 Å². The molecule has 186 valence electrons. The van der Waals surface area contributed by atoms with Gasteiger partial charge in [-0.2, -0.15) is 0 Å². The standard InChI is InChI=1S/C26H32N4O4S/c1-4-34-26(33)24-18(2)19(3)30(16-22-6-5-15-35-22)25(24)27-23(32)17-28-11-13-29(14-12-28)20-7-9-21(31)10-8-20/h5-10,15,31H,4,11-14,16-17H2,1-3H3,(H,27,32). The van der Waals surface area contributed by atoms with Crippen LogP contribution in [0.4, 0.5) is 11.5 Å². The second-order valence-electron chi connectivity index (χ2n) is 8.65. The minimum Gasteiger partial charge on any atom is -0.508 e. The lowest BCUT2D eigenvalue weighted by Crippen LogP contribution is -2.48. The van der Waals surface area contributed by atoms with Gasteiger partial charge in [0.2, 0.25) is 5.91 Å². The van der Waals surface area contributed by atoms with E-state index in [1.807, 2.05) is 48.1 Å². The zero-order valence-electron chi connectivity index (χ0n) is 20.4. The molecule has 8 nitrogen and oxygen atoms in total. The van der Waals surface area contributed by atoms with Crippen LogP contribution in [-0.4, -0.2) is 65.8 Å². The van der Waals surface area contributed by atoms with Crippen LogP contribution in [0, 0.1) is 13.8 Å². The number of benzene rings is 1. The fourth-order valence-electron chi connectivity index (χ4n) is 4.40. The molecule has 1 aromatic carbocycles. The third-order valence-corrected chi connectivity index (χ3v) is 7.28. The summed E-state index contributed by atoms with van der Waals surface area (Å²) in [5.41, 5.74) is 3.23. The number of phenols is 1. The maximum atomic E-state index is 13.1. The lowest BCUT2D eigenvalue weighted by Gasteiger charge is -2.35. The summed E-state index contributed by atoms with van der Waals surface area (Å²) in [6.45, 7) is 9.79. The summed E-state index contributed by atoms with van der Waals surface area (Å²) in [5, 5.41) is 14.6. The molecular formula is C26H32N4O4S. The molecule has 1 saturated heterocycles. The summed E-state index contributed by atoms with van der Waals surface area (Å²) in [4.78, 5) is 31.4. The second kappa shape index (κ2) is 11.0. The van der Waals surface area contributed by atoms with E-state index in [0.29, 0.717) is 17.9 Å². The molecule has 1 aliphatic rings. The van der Waals surface area contributed by atoms with Crippen molar-refractivity contribution in [2.24, 2.45) is 0 Å². The van der Waals surface area contributed by atoms with Crippen molar-refractivity contribution in [3.05, 3.63) is 63.5 Å². The Morgan fingerprint density at radius 3 is 2.43 bits per heavy atom. The number of nitrogens with one attached hydrogen (secondary N) is 1. The van der Waals surface area contributed by atoms with E-state index in [2.05, 4.69) is 15.1 Å². The van der Waals surface area contributed by atoms with Crippen LogP contribution in [0.15, 0.2) is 41.8 Å². The molecule has 2 aromatic heterocycles. The number of aromatic hydroxyl groups is 1. The van der Waals surface area contributed by atoms with E-state index in [0.717, 1.165) is 48.0 Å². The smallest absolute Gasteiger partial charge is 0.342 e. The Bertz CT molecular complexity index is 1160. The monoisotopic (exact) mass is 496 g/mol. The number of hydrogen-bond donors (Lipinski definition) is 2. The van der Waals surface area contributed by atoms with Gasteiger partial charge in [-0.05, 0) is 62.0 Å². The van der Waals surface area contributed by atoms with Gasteiger partial charge in [-0.15, -0.1) is 11.3 Å². The Labute approximate surface area is 209 Å². The lowest BCUT2D eigenvalue weighted by molar-refractivity contribution is -0.117. The molecule has 0 atom stereocenters. The second-order valence-corrected chi connectivity index (χ2v) is 9.68. The molecule has 0 unspecified atom stereocenters. The number of carbonyl (C=O) groups excluding carboxylic acids is 2. The van der Waals surface area contributed by atoms with Crippen LogP contribution >= 0.6 is 11.3 Å². The van der Waals surface area contributed by atoms with Gasteiger partial charge in [-0.3, -0.25) is 9.69 Å². The quantitative estimate of drug-likeness (QED) is 0.461. The first-order valence-corrected chi connectivity index (χ1v) is 12.7. The summed E-state index contributed by atoms with van der Waals surface area (Å²) in [7, 11) is 0. The topological polar surface area (TPSA) is 87.0 Å². The van der Waals surface area contributed by atoms with Gasteiger partial charge < -0.3 is 24.6 Å². The minimum absolute atomic E-state index is 0.154. The Morgan fingerprint density at radius 1 is 1.09 bits per heavy atom. The molecule has 35 heavy (non-hydrogen) atoms. The van der Waals surface area contributed by atoms with Gasteiger partial charge in [0.15, 0.2) is 0 Å². The van der Waals surface area contributed by atoms with Crippen molar-refractivity contribution in [1.82, 2.24) is 9.47 Å². The van der Waals surface area contributed by atoms with Crippen molar-refractivity contribution in [2.75, 3.05) is 49.5 Å². The molecule has 1 amide bonds. The van der Waals surface area contributed by atoms with E-state index in [-0.39, 0.29) is 24.8 Å². The number of ether oxygens (including phenoxy) is 1. The van der Waals surface area contributed by atoms with Gasteiger partial charge >= 0.3 is 5.97 Å². The number of phenolic OH excluding ortho intramolecular Hbond substituents is 1. The SMILES string of the molecule is CCOC(=O)c1c(C)c(C)n(Cc2cccs2)c1NC(=O)CN1CCN(c2ccc(O)cc2)CC1. The molecule has 0 aliphatic carbocycles. The summed E-state index contributed by atoms with van der Waals surface area (Å²) in [5.74, 6) is 0.175. The Hall–Kier alpha value is -3.30. The average molecular weight is 497 g/mol. The summed E-state index contributed by atoms with van der Waals surface area (Å²) in [6.07, 6.45) is 0. The highest BCUT2D eigenvalue weighted by molar-refractivity contribution is 7.09. The van der Waals surface area contributed by atoms with Crippen LogP contribution in [-0.2, 0) is 16.1 Å². The average Bonchev–Trinajstić information content (AvgIpc) is 3.43. The summed E-state index contributed by atoms with van der Waals surface area (Å²) >= 11 is 1.64. The Kier molecular flexibility index (Phi) is 7.77. The zero-order valence-corrected chi connectivity index (χ0v) is 21.2.